The molecular weight excluding hydrogens is 248 g/mol. The lowest BCUT2D eigenvalue weighted by Crippen LogP contribution is -2.22. The van der Waals surface area contributed by atoms with Gasteiger partial charge in [-0.3, -0.25) is 0 Å². The number of guanidine groups is 1. The molecule has 10 nitrogen and oxygen atoms in total. The second-order valence-electron chi connectivity index (χ2n) is 3.23. The highest BCUT2D eigenvalue weighted by atomic mass is 15.5. The van der Waals surface area contributed by atoms with E-state index < -0.39 is 0 Å². The van der Waals surface area contributed by atoms with Crippen molar-refractivity contribution in [2.24, 2.45) is 31.9 Å². The number of amidine groups is 1. The Labute approximate surface area is 107 Å². The van der Waals surface area contributed by atoms with Gasteiger partial charge in [0.2, 0.25) is 11.8 Å². The summed E-state index contributed by atoms with van der Waals surface area (Å²) in [5.74, 6) is 0.121. The van der Waals surface area contributed by atoms with E-state index in [4.69, 9.17) is 11.5 Å². The normalized spacial score (nSPS) is 11.7. The fourth-order valence-electron chi connectivity index (χ4n) is 1.12. The van der Waals surface area contributed by atoms with Crippen LogP contribution in [-0.2, 0) is 0 Å². The number of hydrogen-bond donors (Lipinski definition) is 3. The molecular formula is C9H10N10. The maximum atomic E-state index is 5.22. The highest BCUT2D eigenvalue weighted by Gasteiger charge is 2.02. The van der Waals surface area contributed by atoms with Crippen molar-refractivity contribution in [3.63, 3.8) is 0 Å². The van der Waals surface area contributed by atoms with Gasteiger partial charge in [-0.1, -0.05) is 35.4 Å². The summed E-state index contributed by atoms with van der Waals surface area (Å²) in [6.45, 7) is 0. The third-order valence-electron chi connectivity index (χ3n) is 1.86. The maximum Gasteiger partial charge on any atom is 0.307 e. The lowest BCUT2D eigenvalue weighted by atomic mass is 10.2. The first-order valence-electron chi connectivity index (χ1n) is 5.13. The van der Waals surface area contributed by atoms with E-state index in [-0.39, 0.29) is 17.7 Å². The van der Waals surface area contributed by atoms with Crippen molar-refractivity contribution >= 4 is 17.7 Å². The van der Waals surface area contributed by atoms with Crippen molar-refractivity contribution in [2.45, 2.75) is 0 Å². The van der Waals surface area contributed by atoms with Crippen LogP contribution in [0.1, 0.15) is 5.56 Å². The topological polar surface area (TPSA) is 156 Å². The second kappa shape index (κ2) is 5.95. The van der Waals surface area contributed by atoms with Crippen molar-refractivity contribution in [3.8, 4) is 0 Å². The van der Waals surface area contributed by atoms with E-state index in [1.165, 1.54) is 0 Å². The van der Waals surface area contributed by atoms with Crippen LogP contribution in [-0.4, -0.2) is 32.4 Å². The van der Waals surface area contributed by atoms with Crippen molar-refractivity contribution < 1.29 is 0 Å². The van der Waals surface area contributed by atoms with E-state index in [0.717, 1.165) is 0 Å². The molecule has 1 aromatic carbocycles. The van der Waals surface area contributed by atoms with Crippen LogP contribution >= 0.6 is 0 Å². The standard InChI is InChI=1S/C9H10N10/c10-8(11)14-12-7(6-4-2-1-3-5-6)13-15-9-16-18-19-17-9/h1-5H,(H4,10,11,14)(H,16,17,18,19)/b12-7-,15-13?. The van der Waals surface area contributed by atoms with E-state index in [9.17, 15) is 0 Å². The van der Waals surface area contributed by atoms with Crippen LogP contribution in [0.15, 0.2) is 50.8 Å². The Morgan fingerprint density at radius 2 is 1.89 bits per heavy atom. The van der Waals surface area contributed by atoms with Gasteiger partial charge < -0.3 is 11.5 Å². The highest BCUT2D eigenvalue weighted by Crippen LogP contribution is 2.06. The lowest BCUT2D eigenvalue weighted by Gasteiger charge is -1.96. The molecule has 0 aliphatic rings. The summed E-state index contributed by atoms with van der Waals surface area (Å²) in [7, 11) is 0. The number of rotatable bonds is 3. The average Bonchev–Trinajstić information content (AvgIpc) is 2.93. The quantitative estimate of drug-likeness (QED) is 0.303. The second-order valence-corrected chi connectivity index (χ2v) is 3.23. The summed E-state index contributed by atoms with van der Waals surface area (Å²) >= 11 is 0. The molecule has 0 amide bonds. The first-order valence-corrected chi connectivity index (χ1v) is 5.13. The molecule has 10 heteroatoms. The molecule has 0 saturated carbocycles. The zero-order valence-electron chi connectivity index (χ0n) is 9.67. The molecule has 1 heterocycles. The summed E-state index contributed by atoms with van der Waals surface area (Å²) < 4.78 is 0. The SMILES string of the molecule is NC(N)=N/N=C(\N=Nc1nn[nH]n1)c1ccccc1. The number of H-pyrrole nitrogens is 1. The van der Waals surface area contributed by atoms with Gasteiger partial charge in [-0.05, 0) is 5.21 Å². The van der Waals surface area contributed by atoms with Gasteiger partial charge in [0.15, 0.2) is 0 Å². The zero-order valence-corrected chi connectivity index (χ0v) is 9.67. The van der Waals surface area contributed by atoms with Gasteiger partial charge in [0.1, 0.15) is 0 Å². The summed E-state index contributed by atoms with van der Waals surface area (Å²) in [6.07, 6.45) is 0. The van der Waals surface area contributed by atoms with E-state index in [0.29, 0.717) is 5.56 Å². The molecule has 0 saturated heterocycles. The van der Waals surface area contributed by atoms with E-state index >= 15 is 0 Å². The Morgan fingerprint density at radius 1 is 1.11 bits per heavy atom. The summed E-state index contributed by atoms with van der Waals surface area (Å²) in [5.41, 5.74) is 11.1. The zero-order chi connectivity index (χ0) is 13.5. The van der Waals surface area contributed by atoms with Crippen molar-refractivity contribution in [3.05, 3.63) is 35.9 Å². The molecule has 0 radical (unpaired) electrons. The van der Waals surface area contributed by atoms with Crippen LogP contribution in [0.2, 0.25) is 0 Å². The molecule has 0 aliphatic heterocycles. The molecule has 2 aromatic rings. The molecule has 2 rings (SSSR count). The van der Waals surface area contributed by atoms with Crippen molar-refractivity contribution in [1.29, 1.82) is 0 Å². The minimum Gasteiger partial charge on any atom is -0.369 e. The number of nitrogens with one attached hydrogen (secondary N) is 1. The van der Waals surface area contributed by atoms with Gasteiger partial charge >= 0.3 is 5.95 Å². The first kappa shape index (κ1) is 12.3. The van der Waals surface area contributed by atoms with Crippen LogP contribution in [0.25, 0.3) is 0 Å². The largest absolute Gasteiger partial charge is 0.369 e. The Hall–Kier alpha value is -3.17. The fourth-order valence-corrected chi connectivity index (χ4v) is 1.12. The number of nitrogens with two attached hydrogens (primary N) is 2. The van der Waals surface area contributed by atoms with Gasteiger partial charge in [-0.2, -0.15) is 5.21 Å². The maximum absolute atomic E-state index is 5.22. The van der Waals surface area contributed by atoms with Gasteiger partial charge in [-0.15, -0.1) is 25.5 Å². The van der Waals surface area contributed by atoms with E-state index in [1.54, 1.807) is 12.1 Å². The molecule has 0 atom stereocenters. The molecule has 0 fully saturated rings. The predicted molar refractivity (Wildman–Crippen MR) is 67.5 cm³/mol. The number of benzene rings is 1. The number of tetrazole rings is 1. The minimum atomic E-state index is -0.178. The van der Waals surface area contributed by atoms with Crippen LogP contribution in [0.3, 0.4) is 0 Å². The Balaban J connectivity index is 2.30. The third kappa shape index (κ3) is 3.66. The van der Waals surface area contributed by atoms with Gasteiger partial charge in [0.05, 0.1) is 0 Å². The molecule has 0 bridgehead atoms. The highest BCUT2D eigenvalue weighted by molar-refractivity contribution is 5.99. The Bertz CT molecular complexity index is 593. The average molecular weight is 258 g/mol. The van der Waals surface area contributed by atoms with Crippen LogP contribution in [0, 0.1) is 0 Å². The predicted octanol–water partition coefficient (Wildman–Crippen LogP) is -0.0814. The van der Waals surface area contributed by atoms with Gasteiger partial charge in [-0.25, -0.2) is 0 Å². The van der Waals surface area contributed by atoms with Crippen LogP contribution in [0.4, 0.5) is 5.95 Å². The molecule has 19 heavy (non-hydrogen) atoms. The summed E-state index contributed by atoms with van der Waals surface area (Å²) in [6, 6.07) is 9.08. The van der Waals surface area contributed by atoms with Gasteiger partial charge in [0.25, 0.3) is 0 Å². The number of aromatic nitrogens is 4. The molecule has 5 N–H and O–H groups in total. The Morgan fingerprint density at radius 3 is 2.53 bits per heavy atom. The minimum absolute atomic E-state index is 0.0772. The third-order valence-corrected chi connectivity index (χ3v) is 1.86. The van der Waals surface area contributed by atoms with Crippen LogP contribution in [0.5, 0.6) is 0 Å². The molecule has 0 spiro atoms. The molecule has 0 unspecified atom stereocenters. The molecule has 1 aromatic heterocycles. The number of hydrogen-bond acceptors (Lipinski definition) is 6. The summed E-state index contributed by atoms with van der Waals surface area (Å²) in [5, 5.41) is 27.8. The van der Waals surface area contributed by atoms with Gasteiger partial charge in [0, 0.05) is 5.56 Å². The van der Waals surface area contributed by atoms with Crippen LogP contribution < -0.4 is 11.5 Å². The van der Waals surface area contributed by atoms with Crippen molar-refractivity contribution in [2.75, 3.05) is 0 Å². The molecule has 96 valence electrons. The smallest absolute Gasteiger partial charge is 0.307 e. The summed E-state index contributed by atoms with van der Waals surface area (Å²) in [4.78, 5) is 0. The lowest BCUT2D eigenvalue weighted by molar-refractivity contribution is 0.881. The van der Waals surface area contributed by atoms with E-state index in [2.05, 4.69) is 41.1 Å². The number of azo groups is 1. The molecule has 0 aliphatic carbocycles. The monoisotopic (exact) mass is 258 g/mol. The van der Waals surface area contributed by atoms with Crippen molar-refractivity contribution in [1.82, 2.24) is 20.6 Å². The number of aromatic amines is 1. The fraction of sp³-hybridized carbons (Fsp3) is 0. The first-order chi connectivity index (χ1) is 9.25. The Kier molecular flexibility index (Phi) is 3.85. The van der Waals surface area contributed by atoms with E-state index in [1.807, 2.05) is 18.2 Å². The number of nitrogens with zero attached hydrogens (tertiary/aromatic N) is 7.